The van der Waals surface area contributed by atoms with Crippen molar-refractivity contribution in [2.45, 2.75) is 46.6 Å². The van der Waals surface area contributed by atoms with E-state index in [1.165, 1.54) is 0 Å². The second-order valence-corrected chi connectivity index (χ2v) is 6.93. The topological polar surface area (TPSA) is 153 Å². The summed E-state index contributed by atoms with van der Waals surface area (Å²) in [6, 6.07) is 3.19. The summed E-state index contributed by atoms with van der Waals surface area (Å²) in [6.07, 6.45) is 0.825. The Kier molecular flexibility index (Phi) is 5.86. The smallest absolute Gasteiger partial charge is 0.303 e. The number of nitrogens with zero attached hydrogens (tertiary/aromatic N) is 3. The van der Waals surface area contributed by atoms with Gasteiger partial charge in [0.25, 0.3) is 5.91 Å². The highest BCUT2D eigenvalue weighted by Gasteiger charge is 2.22. The maximum atomic E-state index is 12.8. The Labute approximate surface area is 172 Å². The molecule has 0 bridgehead atoms. The molecule has 0 radical (unpaired) electrons. The predicted octanol–water partition coefficient (Wildman–Crippen LogP) is 2.42. The largest absolute Gasteiger partial charge is 0.481 e. The normalized spacial score (nSPS) is 11.0. The van der Waals surface area contributed by atoms with Crippen LogP contribution in [0.2, 0.25) is 0 Å². The number of nitrogens with two attached hydrogens (primary N) is 1. The van der Waals surface area contributed by atoms with Gasteiger partial charge in [-0.05, 0) is 37.5 Å². The van der Waals surface area contributed by atoms with Crippen LogP contribution >= 0.6 is 0 Å². The van der Waals surface area contributed by atoms with Crippen molar-refractivity contribution in [2.24, 2.45) is 5.73 Å². The first kappa shape index (κ1) is 21.0. The first-order chi connectivity index (χ1) is 14.2. The number of aliphatic carboxylic acids is 1. The minimum Gasteiger partial charge on any atom is -0.481 e. The summed E-state index contributed by atoms with van der Waals surface area (Å²) in [7, 11) is 0. The maximum Gasteiger partial charge on any atom is 0.303 e. The number of aromatic nitrogens is 3. The van der Waals surface area contributed by atoms with Gasteiger partial charge in [0.05, 0.1) is 16.7 Å². The Morgan fingerprint density at radius 1 is 1.23 bits per heavy atom. The van der Waals surface area contributed by atoms with Gasteiger partial charge < -0.3 is 19.8 Å². The summed E-state index contributed by atoms with van der Waals surface area (Å²) in [5.41, 5.74) is 8.11. The fraction of sp³-hybridized carbons (Fsp3) is 0.350. The van der Waals surface area contributed by atoms with Crippen molar-refractivity contribution in [1.82, 2.24) is 14.5 Å². The van der Waals surface area contributed by atoms with E-state index in [9.17, 15) is 14.4 Å². The maximum absolute atomic E-state index is 12.8. The van der Waals surface area contributed by atoms with E-state index in [2.05, 4.69) is 15.3 Å². The van der Waals surface area contributed by atoms with Crippen molar-refractivity contribution in [1.29, 1.82) is 0 Å². The number of amides is 2. The van der Waals surface area contributed by atoms with Crippen molar-refractivity contribution in [3.8, 4) is 0 Å². The molecule has 0 fully saturated rings. The number of imidazole rings is 1. The molecular formula is C20H23N5O5. The third kappa shape index (κ3) is 4.17. The highest BCUT2D eigenvalue weighted by Crippen LogP contribution is 2.26. The number of rotatable bonds is 8. The van der Waals surface area contributed by atoms with Crippen LogP contribution in [0.4, 0.5) is 5.95 Å². The van der Waals surface area contributed by atoms with Crippen LogP contribution < -0.4 is 11.1 Å². The molecule has 1 aromatic carbocycles. The summed E-state index contributed by atoms with van der Waals surface area (Å²) in [5, 5.41) is 11.7. The number of oxazole rings is 1. The number of aryl methyl sites for hydroxylation is 4. The molecule has 3 aromatic rings. The summed E-state index contributed by atoms with van der Waals surface area (Å²) in [4.78, 5) is 44.0. The molecule has 0 aliphatic heterocycles. The summed E-state index contributed by atoms with van der Waals surface area (Å²) < 4.78 is 7.17. The summed E-state index contributed by atoms with van der Waals surface area (Å²) >= 11 is 0. The molecule has 0 atom stereocenters. The third-order valence-corrected chi connectivity index (χ3v) is 4.66. The molecule has 4 N–H and O–H groups in total. The number of carbonyl (C=O) groups is 3. The van der Waals surface area contributed by atoms with Crippen LogP contribution in [0.15, 0.2) is 16.5 Å². The van der Waals surface area contributed by atoms with Gasteiger partial charge in [-0.2, -0.15) is 0 Å². The van der Waals surface area contributed by atoms with Gasteiger partial charge >= 0.3 is 5.97 Å². The molecule has 0 spiro atoms. The molecule has 2 amide bonds. The molecule has 0 saturated heterocycles. The monoisotopic (exact) mass is 413 g/mol. The van der Waals surface area contributed by atoms with Crippen molar-refractivity contribution in [3.63, 3.8) is 0 Å². The SMILES string of the molecule is CCc1nc(C)oc1C(=O)Nc1nc2cc(C(N)=O)cc(C)c2n1CCCC(=O)O. The number of benzene rings is 1. The molecule has 10 nitrogen and oxygen atoms in total. The van der Waals surface area contributed by atoms with Gasteiger partial charge in [-0.1, -0.05) is 6.92 Å². The second-order valence-electron chi connectivity index (χ2n) is 6.93. The van der Waals surface area contributed by atoms with Crippen molar-refractivity contribution < 1.29 is 23.9 Å². The van der Waals surface area contributed by atoms with Gasteiger partial charge in [0.15, 0.2) is 5.89 Å². The lowest BCUT2D eigenvalue weighted by Crippen LogP contribution is -2.17. The predicted molar refractivity (Wildman–Crippen MR) is 108 cm³/mol. The summed E-state index contributed by atoms with van der Waals surface area (Å²) in [5.74, 6) is -1.29. The number of primary amides is 1. The fourth-order valence-corrected chi connectivity index (χ4v) is 3.37. The van der Waals surface area contributed by atoms with Crippen molar-refractivity contribution in [3.05, 3.63) is 40.6 Å². The number of fused-ring (bicyclic) bond motifs is 1. The van der Waals surface area contributed by atoms with Gasteiger partial charge in [-0.25, -0.2) is 9.97 Å². The van der Waals surface area contributed by atoms with Gasteiger partial charge in [0, 0.05) is 25.5 Å². The van der Waals surface area contributed by atoms with Crippen LogP contribution in [0.1, 0.15) is 57.8 Å². The van der Waals surface area contributed by atoms with Crippen LogP contribution in [0.25, 0.3) is 11.0 Å². The van der Waals surface area contributed by atoms with Crippen LogP contribution in [0, 0.1) is 13.8 Å². The van der Waals surface area contributed by atoms with Crippen LogP contribution in [-0.4, -0.2) is 37.4 Å². The Hall–Kier alpha value is -3.69. The van der Waals surface area contributed by atoms with E-state index < -0.39 is 17.8 Å². The van der Waals surface area contributed by atoms with Crippen molar-refractivity contribution >= 4 is 34.8 Å². The number of hydrogen-bond acceptors (Lipinski definition) is 6. The molecule has 30 heavy (non-hydrogen) atoms. The highest BCUT2D eigenvalue weighted by atomic mass is 16.4. The van der Waals surface area contributed by atoms with E-state index in [4.69, 9.17) is 15.3 Å². The number of anilines is 1. The molecule has 3 rings (SSSR count). The third-order valence-electron chi connectivity index (χ3n) is 4.66. The quantitative estimate of drug-likeness (QED) is 0.512. The minimum absolute atomic E-state index is 0.0350. The van der Waals surface area contributed by atoms with Gasteiger partial charge in [-0.3, -0.25) is 19.7 Å². The van der Waals surface area contributed by atoms with Gasteiger partial charge in [0.1, 0.15) is 0 Å². The molecule has 0 aliphatic carbocycles. The van der Waals surface area contributed by atoms with Gasteiger partial charge in [-0.15, -0.1) is 0 Å². The first-order valence-electron chi connectivity index (χ1n) is 9.51. The number of nitrogens with one attached hydrogen (secondary N) is 1. The van der Waals surface area contributed by atoms with Gasteiger partial charge in [0.2, 0.25) is 17.6 Å². The fourth-order valence-electron chi connectivity index (χ4n) is 3.37. The highest BCUT2D eigenvalue weighted by molar-refractivity contribution is 6.03. The van der Waals surface area contributed by atoms with E-state index in [0.29, 0.717) is 47.6 Å². The Morgan fingerprint density at radius 2 is 1.97 bits per heavy atom. The average molecular weight is 413 g/mol. The molecule has 0 unspecified atom stereocenters. The number of carbonyl (C=O) groups excluding carboxylic acids is 2. The lowest BCUT2D eigenvalue weighted by Gasteiger charge is -2.11. The number of hydrogen-bond donors (Lipinski definition) is 3. The average Bonchev–Trinajstić information content (AvgIpc) is 3.21. The molecular weight excluding hydrogens is 390 g/mol. The molecule has 2 aromatic heterocycles. The van der Waals surface area contributed by atoms with E-state index in [0.717, 1.165) is 5.56 Å². The molecule has 0 aliphatic rings. The molecule has 2 heterocycles. The minimum atomic E-state index is -0.914. The lowest BCUT2D eigenvalue weighted by atomic mass is 10.1. The molecule has 10 heteroatoms. The standard InChI is InChI=1S/C20H23N5O5/c1-4-13-17(30-11(3)22-13)19(29)24-20-23-14-9-12(18(21)28)8-10(2)16(14)25(20)7-5-6-15(26)27/h8-9H,4-7H2,1-3H3,(H2,21,28)(H,26,27)(H,23,24,29). The van der Waals surface area contributed by atoms with Crippen molar-refractivity contribution in [2.75, 3.05) is 5.32 Å². The first-order valence-corrected chi connectivity index (χ1v) is 9.51. The van der Waals surface area contributed by atoms with Crippen LogP contribution in [-0.2, 0) is 17.8 Å². The number of carboxylic acid groups (broad SMARTS) is 1. The Morgan fingerprint density at radius 3 is 2.60 bits per heavy atom. The zero-order valence-corrected chi connectivity index (χ0v) is 17.0. The number of carboxylic acids is 1. The lowest BCUT2D eigenvalue weighted by molar-refractivity contribution is -0.137. The zero-order chi connectivity index (χ0) is 22.0. The Balaban J connectivity index is 2.04. The second kappa shape index (κ2) is 8.36. The summed E-state index contributed by atoms with van der Waals surface area (Å²) in [6.45, 7) is 5.63. The van der Waals surface area contributed by atoms with Crippen LogP contribution in [0.3, 0.4) is 0 Å². The molecule has 158 valence electrons. The van der Waals surface area contributed by atoms with E-state index in [-0.39, 0.29) is 18.1 Å². The zero-order valence-electron chi connectivity index (χ0n) is 17.0. The van der Waals surface area contributed by atoms with Crippen LogP contribution in [0.5, 0.6) is 0 Å². The Bertz CT molecular complexity index is 1140. The van der Waals surface area contributed by atoms with E-state index in [1.807, 2.05) is 6.92 Å². The van der Waals surface area contributed by atoms with E-state index >= 15 is 0 Å². The van der Waals surface area contributed by atoms with E-state index in [1.54, 1.807) is 30.5 Å². The molecule has 0 saturated carbocycles.